The van der Waals surface area contributed by atoms with E-state index in [1.807, 2.05) is 0 Å². The number of guanidine groups is 1. The summed E-state index contributed by atoms with van der Waals surface area (Å²) in [7, 11) is -5.08. The lowest BCUT2D eigenvalue weighted by Gasteiger charge is -2.22. The summed E-state index contributed by atoms with van der Waals surface area (Å²) in [6.07, 6.45) is 0.531. The average molecular weight is 544 g/mol. The van der Waals surface area contributed by atoms with Gasteiger partial charge in [-0.05, 0) is 38.8 Å². The molecule has 0 radical (unpaired) electrons. The van der Waals surface area contributed by atoms with Crippen LogP contribution in [-0.4, -0.2) is 52.9 Å². The van der Waals surface area contributed by atoms with Gasteiger partial charge in [-0.25, -0.2) is 21.6 Å². The zero-order valence-electron chi connectivity index (χ0n) is 16.5. The summed E-state index contributed by atoms with van der Waals surface area (Å²) in [4.78, 5) is 4.30. The van der Waals surface area contributed by atoms with Crippen molar-refractivity contribution in [1.82, 2.24) is 15.4 Å². The molecule has 3 N–H and O–H groups in total. The maximum absolute atomic E-state index is 12.7. The third-order valence-electron chi connectivity index (χ3n) is 3.95. The molecule has 1 atom stereocenters. The number of hydrogen-bond donors (Lipinski definition) is 3. The molecule has 1 fully saturated rings. The third kappa shape index (κ3) is 7.48. The Labute approximate surface area is 185 Å². The highest BCUT2D eigenvalue weighted by molar-refractivity contribution is 14.0. The highest BCUT2D eigenvalue weighted by atomic mass is 127. The van der Waals surface area contributed by atoms with Crippen LogP contribution >= 0.6 is 24.0 Å². The third-order valence-corrected chi connectivity index (χ3v) is 7.57. The van der Waals surface area contributed by atoms with Gasteiger partial charge >= 0.3 is 0 Å². The van der Waals surface area contributed by atoms with Gasteiger partial charge in [-0.15, -0.1) is 24.0 Å². The summed E-state index contributed by atoms with van der Waals surface area (Å²) in [5.74, 6) is 0.683. The first-order valence-electron chi connectivity index (χ1n) is 8.71. The number of sulfonamides is 1. The zero-order valence-corrected chi connectivity index (χ0v) is 20.5. The minimum Gasteiger partial charge on any atom is -0.353 e. The number of rotatable bonds is 5. The Morgan fingerprint density at radius 1 is 1.25 bits per heavy atom. The molecule has 0 amide bonds. The Bertz CT molecular complexity index is 909. The monoisotopic (exact) mass is 544 g/mol. The number of hydrogen-bond acceptors (Lipinski definition) is 5. The molecule has 1 heterocycles. The van der Waals surface area contributed by atoms with Crippen LogP contribution < -0.4 is 15.4 Å². The van der Waals surface area contributed by atoms with E-state index < -0.39 is 25.4 Å². The molecule has 8 nitrogen and oxygen atoms in total. The Kier molecular flexibility index (Phi) is 8.72. The van der Waals surface area contributed by atoms with E-state index in [2.05, 4.69) is 20.3 Å². The van der Waals surface area contributed by atoms with Gasteiger partial charge in [0, 0.05) is 25.2 Å². The predicted molar refractivity (Wildman–Crippen MR) is 122 cm³/mol. The zero-order chi connectivity index (χ0) is 20.3. The highest BCUT2D eigenvalue weighted by Gasteiger charge is 2.28. The van der Waals surface area contributed by atoms with Crippen molar-refractivity contribution in [3.63, 3.8) is 0 Å². The summed E-state index contributed by atoms with van der Waals surface area (Å²) < 4.78 is 51.2. The van der Waals surface area contributed by atoms with Gasteiger partial charge < -0.3 is 10.6 Å². The van der Waals surface area contributed by atoms with Crippen LogP contribution in [0.15, 0.2) is 34.2 Å². The average Bonchev–Trinajstić information content (AvgIpc) is 2.88. The van der Waals surface area contributed by atoms with Crippen LogP contribution in [0.3, 0.4) is 0 Å². The minimum absolute atomic E-state index is 0. The molecule has 28 heavy (non-hydrogen) atoms. The maximum Gasteiger partial charge on any atom is 0.241 e. The highest BCUT2D eigenvalue weighted by Crippen LogP contribution is 2.18. The van der Waals surface area contributed by atoms with Gasteiger partial charge in [0.15, 0.2) is 15.8 Å². The Hall–Kier alpha value is -0.920. The first-order valence-corrected chi connectivity index (χ1v) is 12.0. The number of halogens is 1. The maximum atomic E-state index is 12.7. The lowest BCUT2D eigenvalue weighted by atomic mass is 10.1. The van der Waals surface area contributed by atoms with Gasteiger partial charge in [-0.2, -0.15) is 0 Å². The summed E-state index contributed by atoms with van der Waals surface area (Å²) in [6.45, 7) is 5.59. The molecule has 2 rings (SSSR count). The van der Waals surface area contributed by atoms with Crippen molar-refractivity contribution in [3.05, 3.63) is 29.8 Å². The number of sulfone groups is 1. The fourth-order valence-electron chi connectivity index (χ4n) is 2.85. The number of nitrogens with zero attached hydrogens (tertiary/aromatic N) is 1. The van der Waals surface area contributed by atoms with Crippen LogP contribution in [0.2, 0.25) is 0 Å². The Morgan fingerprint density at radius 2 is 1.89 bits per heavy atom. The van der Waals surface area contributed by atoms with Crippen molar-refractivity contribution >= 4 is 49.8 Å². The van der Waals surface area contributed by atoms with Crippen LogP contribution in [0.5, 0.6) is 0 Å². The SMILES string of the molecule is CN=C(NCc1ccccc1S(=O)(=O)NC(C)(C)C)NC1CCS(=O)(=O)C1.I. The van der Waals surface area contributed by atoms with Crippen molar-refractivity contribution in [2.45, 2.75) is 50.2 Å². The van der Waals surface area contributed by atoms with E-state index in [0.29, 0.717) is 17.9 Å². The van der Waals surface area contributed by atoms with Crippen molar-refractivity contribution < 1.29 is 16.8 Å². The molecule has 0 aromatic heterocycles. The normalized spacial score (nSPS) is 19.7. The smallest absolute Gasteiger partial charge is 0.241 e. The summed E-state index contributed by atoms with van der Waals surface area (Å²) in [6, 6.07) is 6.55. The molecular weight excluding hydrogens is 515 g/mol. The van der Waals surface area contributed by atoms with E-state index >= 15 is 0 Å². The molecule has 11 heteroatoms. The first-order chi connectivity index (χ1) is 12.4. The van der Waals surface area contributed by atoms with Gasteiger partial charge in [0.05, 0.1) is 16.4 Å². The summed E-state index contributed by atoms with van der Waals surface area (Å²) in [5.41, 5.74) is 0.00141. The molecule has 0 bridgehead atoms. The number of aliphatic imine (C=N–C) groups is 1. The summed E-state index contributed by atoms with van der Waals surface area (Å²) in [5, 5.41) is 6.15. The molecule has 0 saturated carbocycles. The van der Waals surface area contributed by atoms with E-state index in [4.69, 9.17) is 0 Å². The predicted octanol–water partition coefficient (Wildman–Crippen LogP) is 1.23. The quantitative estimate of drug-likeness (QED) is 0.292. The van der Waals surface area contributed by atoms with Crippen molar-refractivity contribution in [2.24, 2.45) is 4.99 Å². The van der Waals surface area contributed by atoms with E-state index in [1.165, 1.54) is 0 Å². The van der Waals surface area contributed by atoms with Crippen LogP contribution in [0, 0.1) is 0 Å². The largest absolute Gasteiger partial charge is 0.353 e. The molecule has 0 aliphatic carbocycles. The summed E-state index contributed by atoms with van der Waals surface area (Å²) >= 11 is 0. The molecule has 1 aromatic carbocycles. The fourth-order valence-corrected chi connectivity index (χ4v) is 6.18. The second kappa shape index (κ2) is 9.72. The molecule has 1 aliphatic rings. The van der Waals surface area contributed by atoms with E-state index in [1.54, 1.807) is 52.1 Å². The van der Waals surface area contributed by atoms with Crippen LogP contribution in [0.1, 0.15) is 32.8 Å². The minimum atomic E-state index is -3.67. The Morgan fingerprint density at radius 3 is 2.43 bits per heavy atom. The van der Waals surface area contributed by atoms with Crippen molar-refractivity contribution in [2.75, 3.05) is 18.6 Å². The van der Waals surface area contributed by atoms with E-state index in [-0.39, 0.29) is 53.0 Å². The van der Waals surface area contributed by atoms with Crippen LogP contribution in [-0.2, 0) is 26.4 Å². The fraction of sp³-hybridized carbons (Fsp3) is 0.588. The second-order valence-corrected chi connectivity index (χ2v) is 11.5. The van der Waals surface area contributed by atoms with Crippen molar-refractivity contribution in [3.8, 4) is 0 Å². The molecule has 160 valence electrons. The molecule has 1 saturated heterocycles. The van der Waals surface area contributed by atoms with Gasteiger partial charge in [-0.3, -0.25) is 4.99 Å². The molecule has 1 aromatic rings. The van der Waals surface area contributed by atoms with Crippen LogP contribution in [0.4, 0.5) is 0 Å². The Balaban J connectivity index is 0.00000392. The van der Waals surface area contributed by atoms with E-state index in [0.717, 1.165) is 0 Å². The standard InChI is InChI=1S/C17H28N4O4S2.HI/c1-17(2,3)21-27(24,25)15-8-6-5-7-13(15)11-19-16(18-4)20-14-9-10-26(22,23)12-14;/h5-8,14,21H,9-12H2,1-4H3,(H2,18,19,20);1H. The molecule has 0 spiro atoms. The second-order valence-electron chi connectivity index (χ2n) is 7.63. The molecule has 1 aliphatic heterocycles. The topological polar surface area (TPSA) is 117 Å². The molecule has 1 unspecified atom stereocenters. The van der Waals surface area contributed by atoms with Gasteiger partial charge in [0.25, 0.3) is 0 Å². The molecular formula is C17H29IN4O4S2. The number of benzene rings is 1. The van der Waals surface area contributed by atoms with Crippen molar-refractivity contribution in [1.29, 1.82) is 0 Å². The lowest BCUT2D eigenvalue weighted by Crippen LogP contribution is -2.44. The first kappa shape index (κ1) is 25.1. The lowest BCUT2D eigenvalue weighted by molar-refractivity contribution is 0.491. The van der Waals surface area contributed by atoms with Gasteiger partial charge in [-0.1, -0.05) is 18.2 Å². The number of nitrogens with one attached hydrogen (secondary N) is 3. The van der Waals surface area contributed by atoms with Gasteiger partial charge in [0.2, 0.25) is 10.0 Å². The van der Waals surface area contributed by atoms with E-state index in [9.17, 15) is 16.8 Å². The van der Waals surface area contributed by atoms with Gasteiger partial charge in [0.1, 0.15) is 0 Å². The van der Waals surface area contributed by atoms with Crippen LogP contribution in [0.25, 0.3) is 0 Å².